The van der Waals surface area contributed by atoms with Crippen molar-refractivity contribution in [1.82, 2.24) is 0 Å². The van der Waals surface area contributed by atoms with E-state index in [1.165, 1.54) is 0 Å². The maximum atomic E-state index is 12.8. The van der Waals surface area contributed by atoms with E-state index in [9.17, 15) is 9.18 Å². The summed E-state index contributed by atoms with van der Waals surface area (Å²) in [5, 5.41) is 8.59. The summed E-state index contributed by atoms with van der Waals surface area (Å²) < 4.78 is 13.1. The van der Waals surface area contributed by atoms with E-state index in [1.807, 2.05) is 0 Å². The number of hydrogen-bond donors (Lipinski definition) is 1. The summed E-state index contributed by atoms with van der Waals surface area (Å²) >= 11 is 1.76. The smallest absolute Gasteiger partial charge is 0.251 e. The molecular formula is C8H4FIN2O. The van der Waals surface area contributed by atoms with Crippen molar-refractivity contribution >= 4 is 28.5 Å². The highest BCUT2D eigenvalue weighted by atomic mass is 127. The summed E-state index contributed by atoms with van der Waals surface area (Å²) in [5.74, 6) is -1.27. The van der Waals surface area contributed by atoms with Gasteiger partial charge in [0.05, 0.1) is 11.1 Å². The van der Waals surface area contributed by atoms with E-state index < -0.39 is 11.7 Å². The van der Waals surface area contributed by atoms with Crippen LogP contribution in [0.25, 0.3) is 0 Å². The third-order valence-electron chi connectivity index (χ3n) is 1.42. The Hall–Kier alpha value is -1.16. The van der Waals surface area contributed by atoms with Crippen LogP contribution in [0.1, 0.15) is 15.9 Å². The summed E-state index contributed by atoms with van der Waals surface area (Å²) in [6.45, 7) is 0. The largest absolute Gasteiger partial charge is 0.366 e. The van der Waals surface area contributed by atoms with Gasteiger partial charge in [-0.1, -0.05) is 0 Å². The predicted octanol–water partition coefficient (Wildman–Crippen LogP) is 1.40. The Morgan fingerprint density at radius 3 is 2.69 bits per heavy atom. The lowest BCUT2D eigenvalue weighted by atomic mass is 10.1. The van der Waals surface area contributed by atoms with Gasteiger partial charge in [0.25, 0.3) is 5.91 Å². The van der Waals surface area contributed by atoms with Gasteiger partial charge in [-0.25, -0.2) is 4.39 Å². The van der Waals surface area contributed by atoms with E-state index in [1.54, 1.807) is 28.7 Å². The lowest BCUT2D eigenvalue weighted by Gasteiger charge is -2.01. The highest BCUT2D eigenvalue weighted by molar-refractivity contribution is 14.1. The van der Waals surface area contributed by atoms with Crippen molar-refractivity contribution in [2.24, 2.45) is 5.73 Å². The molecule has 0 fully saturated rings. The zero-order valence-electron chi connectivity index (χ0n) is 6.34. The number of nitriles is 1. The number of benzene rings is 1. The molecule has 0 bridgehead atoms. The average Bonchev–Trinajstić information content (AvgIpc) is 2.01. The summed E-state index contributed by atoms with van der Waals surface area (Å²) in [6, 6.07) is 3.86. The Bertz CT molecular complexity index is 411. The van der Waals surface area contributed by atoms with Crippen molar-refractivity contribution in [2.75, 3.05) is 0 Å². The number of carbonyl (C=O) groups is 1. The first-order valence-corrected chi connectivity index (χ1v) is 4.33. The van der Waals surface area contributed by atoms with Gasteiger partial charge in [-0.2, -0.15) is 5.26 Å². The molecule has 0 radical (unpaired) electrons. The summed E-state index contributed by atoms with van der Waals surface area (Å²) in [6.07, 6.45) is 0. The minimum atomic E-state index is -0.721. The van der Waals surface area contributed by atoms with Crippen molar-refractivity contribution in [1.29, 1.82) is 5.26 Å². The molecule has 1 aromatic carbocycles. The highest BCUT2D eigenvalue weighted by Crippen LogP contribution is 2.17. The fraction of sp³-hybridized carbons (Fsp3) is 0. The number of nitrogens with two attached hydrogens (primary N) is 1. The number of hydrogen-bond acceptors (Lipinski definition) is 2. The van der Waals surface area contributed by atoms with E-state index in [-0.39, 0.29) is 11.1 Å². The van der Waals surface area contributed by atoms with Crippen LogP contribution in [0.3, 0.4) is 0 Å². The zero-order chi connectivity index (χ0) is 10.0. The number of primary amides is 1. The molecule has 3 nitrogen and oxygen atoms in total. The molecule has 0 aliphatic heterocycles. The van der Waals surface area contributed by atoms with E-state index in [0.717, 1.165) is 12.1 Å². The molecule has 0 heterocycles. The molecular weight excluding hydrogens is 286 g/mol. The van der Waals surface area contributed by atoms with Crippen LogP contribution in [-0.2, 0) is 0 Å². The molecule has 1 rings (SSSR count). The third kappa shape index (κ3) is 1.95. The van der Waals surface area contributed by atoms with Crippen molar-refractivity contribution in [2.45, 2.75) is 0 Å². The Balaban J connectivity index is 3.50. The fourth-order valence-electron chi connectivity index (χ4n) is 0.912. The average molecular weight is 290 g/mol. The summed E-state index contributed by atoms with van der Waals surface area (Å²) in [7, 11) is 0. The molecule has 0 unspecified atom stereocenters. The number of carbonyl (C=O) groups excluding carboxylic acids is 1. The van der Waals surface area contributed by atoms with Gasteiger partial charge in [-0.15, -0.1) is 0 Å². The van der Waals surface area contributed by atoms with Gasteiger partial charge in [-0.3, -0.25) is 4.79 Å². The van der Waals surface area contributed by atoms with Crippen LogP contribution >= 0.6 is 22.6 Å². The first kappa shape index (κ1) is 9.92. The van der Waals surface area contributed by atoms with E-state index in [0.29, 0.717) is 3.57 Å². The molecule has 0 saturated carbocycles. The molecule has 0 atom stereocenters. The van der Waals surface area contributed by atoms with Crippen LogP contribution in [0.4, 0.5) is 4.39 Å². The van der Waals surface area contributed by atoms with Crippen molar-refractivity contribution in [3.8, 4) is 6.07 Å². The van der Waals surface area contributed by atoms with Gasteiger partial charge >= 0.3 is 0 Å². The van der Waals surface area contributed by atoms with Gasteiger partial charge in [0.2, 0.25) is 0 Å². The topological polar surface area (TPSA) is 66.9 Å². The SMILES string of the molecule is N#Cc1cc(F)cc(I)c1C(N)=O. The summed E-state index contributed by atoms with van der Waals surface area (Å²) in [4.78, 5) is 10.9. The minimum Gasteiger partial charge on any atom is -0.366 e. The maximum absolute atomic E-state index is 12.8. The van der Waals surface area contributed by atoms with Gasteiger partial charge in [0.1, 0.15) is 11.9 Å². The minimum absolute atomic E-state index is 0.0306. The van der Waals surface area contributed by atoms with Crippen LogP contribution in [0.2, 0.25) is 0 Å². The molecule has 1 amide bonds. The Morgan fingerprint density at radius 2 is 2.23 bits per heavy atom. The Labute approximate surface area is 87.5 Å². The molecule has 66 valence electrons. The van der Waals surface area contributed by atoms with Crippen LogP contribution < -0.4 is 5.73 Å². The maximum Gasteiger partial charge on any atom is 0.251 e. The van der Waals surface area contributed by atoms with Crippen LogP contribution in [0.15, 0.2) is 12.1 Å². The number of amides is 1. The number of halogens is 2. The van der Waals surface area contributed by atoms with Gasteiger partial charge in [0.15, 0.2) is 0 Å². The lowest BCUT2D eigenvalue weighted by Crippen LogP contribution is -2.15. The summed E-state index contributed by atoms with van der Waals surface area (Å²) in [5.41, 5.74) is 5.07. The monoisotopic (exact) mass is 290 g/mol. The first-order chi connectivity index (χ1) is 6.06. The second-order valence-corrected chi connectivity index (χ2v) is 3.45. The molecule has 0 aliphatic carbocycles. The van der Waals surface area contributed by atoms with Crippen molar-refractivity contribution in [3.05, 3.63) is 32.6 Å². The lowest BCUT2D eigenvalue weighted by molar-refractivity contribution is 0.0999. The third-order valence-corrected chi connectivity index (χ3v) is 2.27. The second-order valence-electron chi connectivity index (χ2n) is 2.29. The number of rotatable bonds is 1. The molecule has 0 saturated heterocycles. The standard InChI is InChI=1S/C8H4FIN2O/c9-5-1-4(3-11)7(8(12)13)6(10)2-5/h1-2H,(H2,12,13). The van der Waals surface area contributed by atoms with Gasteiger partial charge in [0, 0.05) is 3.57 Å². The Kier molecular flexibility index (Phi) is 2.83. The molecule has 1 aromatic rings. The van der Waals surface area contributed by atoms with Crippen molar-refractivity contribution in [3.63, 3.8) is 0 Å². The van der Waals surface area contributed by atoms with Gasteiger partial charge in [-0.05, 0) is 34.7 Å². The normalized spacial score (nSPS) is 9.31. The Morgan fingerprint density at radius 1 is 1.62 bits per heavy atom. The molecule has 0 spiro atoms. The molecule has 13 heavy (non-hydrogen) atoms. The molecule has 0 aliphatic rings. The molecule has 5 heteroatoms. The highest BCUT2D eigenvalue weighted by Gasteiger charge is 2.13. The second kappa shape index (κ2) is 3.70. The van der Waals surface area contributed by atoms with E-state index >= 15 is 0 Å². The van der Waals surface area contributed by atoms with E-state index in [2.05, 4.69) is 0 Å². The van der Waals surface area contributed by atoms with Crippen LogP contribution in [0.5, 0.6) is 0 Å². The van der Waals surface area contributed by atoms with Gasteiger partial charge < -0.3 is 5.73 Å². The molecule has 2 N–H and O–H groups in total. The van der Waals surface area contributed by atoms with Crippen LogP contribution in [0, 0.1) is 20.7 Å². The zero-order valence-corrected chi connectivity index (χ0v) is 8.50. The van der Waals surface area contributed by atoms with E-state index in [4.69, 9.17) is 11.0 Å². The van der Waals surface area contributed by atoms with Crippen molar-refractivity contribution < 1.29 is 9.18 Å². The quantitative estimate of drug-likeness (QED) is 0.794. The fourth-order valence-corrected chi connectivity index (χ4v) is 1.77. The van der Waals surface area contributed by atoms with Crippen LogP contribution in [-0.4, -0.2) is 5.91 Å². The number of nitrogens with zero attached hydrogens (tertiary/aromatic N) is 1. The first-order valence-electron chi connectivity index (χ1n) is 3.25. The predicted molar refractivity (Wildman–Crippen MR) is 52.3 cm³/mol. The molecule has 0 aromatic heterocycles.